The zero-order valence-corrected chi connectivity index (χ0v) is 9.44. The van der Waals surface area contributed by atoms with E-state index < -0.39 is 0 Å². The van der Waals surface area contributed by atoms with E-state index in [4.69, 9.17) is 5.73 Å². The second-order valence-electron chi connectivity index (χ2n) is 3.35. The van der Waals surface area contributed by atoms with Gasteiger partial charge >= 0.3 is 0 Å². The molecule has 3 N–H and O–H groups in total. The number of thiazole rings is 1. The van der Waals surface area contributed by atoms with Crippen LogP contribution < -0.4 is 11.1 Å². The topological polar surface area (TPSA) is 68.0 Å². The van der Waals surface area contributed by atoms with Crippen LogP contribution in [0.3, 0.4) is 0 Å². The fourth-order valence-corrected chi connectivity index (χ4v) is 1.92. The van der Waals surface area contributed by atoms with Gasteiger partial charge in [0, 0.05) is 12.6 Å². The lowest BCUT2D eigenvalue weighted by atomic mass is 10.3. The lowest BCUT2D eigenvalue weighted by Crippen LogP contribution is -2.29. The lowest BCUT2D eigenvalue weighted by Gasteiger charge is -2.06. The molecule has 0 unspecified atom stereocenters. The van der Waals surface area contributed by atoms with Gasteiger partial charge in [0.05, 0.1) is 5.69 Å². The summed E-state index contributed by atoms with van der Waals surface area (Å²) in [5.41, 5.74) is 6.21. The number of nitrogens with zero attached hydrogens (tertiary/aromatic N) is 1. The van der Waals surface area contributed by atoms with Crippen LogP contribution in [0.4, 0.5) is 0 Å². The maximum atomic E-state index is 11.6. The molecule has 5 heteroatoms. The molecule has 4 nitrogen and oxygen atoms in total. The van der Waals surface area contributed by atoms with Gasteiger partial charge in [-0.15, -0.1) is 11.3 Å². The van der Waals surface area contributed by atoms with Crippen LogP contribution in [0, 0.1) is 6.92 Å². The Morgan fingerprint density at radius 2 is 2.29 bits per heavy atom. The largest absolute Gasteiger partial charge is 0.349 e. The molecule has 0 saturated carbocycles. The highest BCUT2D eigenvalue weighted by molar-refractivity contribution is 7.13. The number of aryl methyl sites for hydroxylation is 1. The van der Waals surface area contributed by atoms with E-state index in [9.17, 15) is 4.79 Å². The zero-order chi connectivity index (χ0) is 10.7. The van der Waals surface area contributed by atoms with Gasteiger partial charge in [-0.1, -0.05) is 0 Å². The number of amides is 1. The minimum atomic E-state index is -0.0605. The number of hydrogen-bond donors (Lipinski definition) is 2. The average Bonchev–Trinajstić information content (AvgIpc) is 2.45. The Labute approximate surface area is 87.5 Å². The van der Waals surface area contributed by atoms with E-state index in [0.29, 0.717) is 11.4 Å². The van der Waals surface area contributed by atoms with Gasteiger partial charge < -0.3 is 11.1 Å². The summed E-state index contributed by atoms with van der Waals surface area (Å²) in [5, 5.41) is 3.63. The summed E-state index contributed by atoms with van der Waals surface area (Å²) in [6.07, 6.45) is 0. The van der Waals surface area contributed by atoms with Crippen molar-refractivity contribution in [1.82, 2.24) is 10.3 Å². The Morgan fingerprint density at radius 1 is 1.64 bits per heavy atom. The van der Waals surface area contributed by atoms with Crippen molar-refractivity contribution in [3.63, 3.8) is 0 Å². The van der Waals surface area contributed by atoms with Crippen molar-refractivity contribution in [3.05, 3.63) is 15.6 Å². The average molecular weight is 213 g/mol. The van der Waals surface area contributed by atoms with Crippen LogP contribution in [0.15, 0.2) is 0 Å². The number of rotatable bonds is 3. The number of nitrogens with one attached hydrogen (secondary N) is 1. The minimum Gasteiger partial charge on any atom is -0.349 e. The van der Waals surface area contributed by atoms with Crippen molar-refractivity contribution in [2.75, 3.05) is 0 Å². The highest BCUT2D eigenvalue weighted by atomic mass is 32.1. The molecule has 1 heterocycles. The summed E-state index contributed by atoms with van der Waals surface area (Å²) in [6, 6.07) is 0.144. The summed E-state index contributed by atoms with van der Waals surface area (Å²) in [4.78, 5) is 16.5. The highest BCUT2D eigenvalue weighted by Gasteiger charge is 2.14. The first-order valence-electron chi connectivity index (χ1n) is 4.51. The maximum Gasteiger partial charge on any atom is 0.263 e. The normalized spacial score (nSPS) is 10.6. The van der Waals surface area contributed by atoms with Crippen LogP contribution in [0.5, 0.6) is 0 Å². The fraction of sp³-hybridized carbons (Fsp3) is 0.556. The molecule has 0 aliphatic carbocycles. The van der Waals surface area contributed by atoms with Crippen molar-refractivity contribution in [2.24, 2.45) is 5.73 Å². The highest BCUT2D eigenvalue weighted by Crippen LogP contribution is 2.17. The molecule has 0 spiro atoms. The Balaban J connectivity index is 2.84. The van der Waals surface area contributed by atoms with E-state index in [1.54, 1.807) is 0 Å². The van der Waals surface area contributed by atoms with E-state index >= 15 is 0 Å². The zero-order valence-electron chi connectivity index (χ0n) is 8.63. The number of carbonyl (C=O) groups excluding carboxylic acids is 1. The molecule has 1 amide bonds. The molecule has 0 aliphatic heterocycles. The van der Waals surface area contributed by atoms with Crippen LogP contribution in [-0.4, -0.2) is 16.9 Å². The van der Waals surface area contributed by atoms with Crippen molar-refractivity contribution in [1.29, 1.82) is 0 Å². The van der Waals surface area contributed by atoms with Crippen LogP contribution in [0.1, 0.15) is 34.2 Å². The van der Waals surface area contributed by atoms with Gasteiger partial charge in [0.25, 0.3) is 5.91 Å². The minimum absolute atomic E-state index is 0.0605. The van der Waals surface area contributed by atoms with Crippen LogP contribution in [0.25, 0.3) is 0 Å². The molecule has 14 heavy (non-hydrogen) atoms. The smallest absolute Gasteiger partial charge is 0.263 e. The molecule has 78 valence electrons. The SMILES string of the molecule is Cc1nc(CN)sc1C(=O)NC(C)C. The molecule has 0 saturated heterocycles. The molecule has 0 fully saturated rings. The van der Waals surface area contributed by atoms with E-state index in [1.165, 1.54) is 11.3 Å². The third kappa shape index (κ3) is 2.52. The first kappa shape index (κ1) is 11.1. The summed E-state index contributed by atoms with van der Waals surface area (Å²) < 4.78 is 0. The standard InChI is InChI=1S/C9H15N3OS/c1-5(2)11-9(13)8-6(3)12-7(4-10)14-8/h5H,4,10H2,1-3H3,(H,11,13). The predicted octanol–water partition coefficient (Wildman–Crippen LogP) is 1.05. The predicted molar refractivity (Wildman–Crippen MR) is 57.3 cm³/mol. The first-order valence-corrected chi connectivity index (χ1v) is 5.33. The Morgan fingerprint density at radius 3 is 2.71 bits per heavy atom. The molecule has 0 atom stereocenters. The lowest BCUT2D eigenvalue weighted by molar-refractivity contribution is 0.0946. The number of carbonyl (C=O) groups is 1. The van der Waals surface area contributed by atoms with E-state index in [1.807, 2.05) is 20.8 Å². The van der Waals surface area contributed by atoms with Crippen LogP contribution >= 0.6 is 11.3 Å². The molecule has 1 rings (SSSR count). The summed E-state index contributed by atoms with van der Waals surface area (Å²) in [5.74, 6) is -0.0605. The quantitative estimate of drug-likeness (QED) is 0.788. The second kappa shape index (κ2) is 4.52. The Kier molecular flexibility index (Phi) is 3.60. The van der Waals surface area contributed by atoms with Crippen LogP contribution in [-0.2, 0) is 6.54 Å². The fourth-order valence-electron chi connectivity index (χ4n) is 1.08. The van der Waals surface area contributed by atoms with E-state index in [-0.39, 0.29) is 11.9 Å². The Hall–Kier alpha value is -0.940. The van der Waals surface area contributed by atoms with Gasteiger partial charge in [-0.05, 0) is 20.8 Å². The molecular weight excluding hydrogens is 198 g/mol. The van der Waals surface area contributed by atoms with E-state index in [2.05, 4.69) is 10.3 Å². The summed E-state index contributed by atoms with van der Waals surface area (Å²) >= 11 is 1.36. The van der Waals surface area contributed by atoms with Crippen molar-refractivity contribution >= 4 is 17.2 Å². The number of nitrogens with two attached hydrogens (primary N) is 1. The third-order valence-corrected chi connectivity index (χ3v) is 2.82. The van der Waals surface area contributed by atoms with Gasteiger partial charge in [-0.3, -0.25) is 4.79 Å². The molecule has 0 aromatic carbocycles. The van der Waals surface area contributed by atoms with Crippen LogP contribution in [0.2, 0.25) is 0 Å². The molecule has 1 aromatic rings. The molecule has 0 aliphatic rings. The van der Waals surface area contributed by atoms with Crippen molar-refractivity contribution in [3.8, 4) is 0 Å². The second-order valence-corrected chi connectivity index (χ2v) is 4.44. The monoisotopic (exact) mass is 213 g/mol. The van der Waals surface area contributed by atoms with E-state index in [0.717, 1.165) is 10.7 Å². The molecule has 0 bridgehead atoms. The first-order chi connectivity index (χ1) is 6.54. The number of aromatic nitrogens is 1. The molecule has 1 aromatic heterocycles. The summed E-state index contributed by atoms with van der Waals surface area (Å²) in [7, 11) is 0. The summed E-state index contributed by atoms with van der Waals surface area (Å²) in [6.45, 7) is 6.07. The third-order valence-electron chi connectivity index (χ3n) is 1.64. The van der Waals surface area contributed by atoms with Gasteiger partial charge in [-0.2, -0.15) is 0 Å². The maximum absolute atomic E-state index is 11.6. The van der Waals surface area contributed by atoms with Gasteiger partial charge in [-0.25, -0.2) is 4.98 Å². The van der Waals surface area contributed by atoms with Gasteiger partial charge in [0.1, 0.15) is 9.88 Å². The number of hydrogen-bond acceptors (Lipinski definition) is 4. The van der Waals surface area contributed by atoms with Gasteiger partial charge in [0.15, 0.2) is 0 Å². The van der Waals surface area contributed by atoms with Crippen molar-refractivity contribution in [2.45, 2.75) is 33.4 Å². The Bertz CT molecular complexity index is 333. The molecule has 0 radical (unpaired) electrons. The molecular formula is C9H15N3OS. The van der Waals surface area contributed by atoms with Gasteiger partial charge in [0.2, 0.25) is 0 Å². The van der Waals surface area contributed by atoms with Crippen molar-refractivity contribution < 1.29 is 4.79 Å².